The molecule has 0 aliphatic heterocycles. The average molecular weight is 490 g/mol. The zero-order valence-corrected chi connectivity index (χ0v) is 19.8. The van der Waals surface area contributed by atoms with Crippen LogP contribution < -0.4 is 5.32 Å². The topological polar surface area (TPSA) is 75.9 Å². The van der Waals surface area contributed by atoms with E-state index in [9.17, 15) is 5.11 Å². The Hall–Kier alpha value is -3.61. The molecule has 0 bridgehead atoms. The van der Waals surface area contributed by atoms with Crippen molar-refractivity contribution >= 4 is 40.1 Å². The maximum atomic E-state index is 9.54. The first-order valence-corrected chi connectivity index (χ1v) is 11.5. The summed E-state index contributed by atoms with van der Waals surface area (Å²) in [5.74, 6) is 0.888. The second kappa shape index (κ2) is 9.33. The number of rotatable bonds is 6. The van der Waals surface area contributed by atoms with Gasteiger partial charge in [0, 0.05) is 16.6 Å². The van der Waals surface area contributed by atoms with Crippen molar-refractivity contribution in [2.45, 2.75) is 19.4 Å². The van der Waals surface area contributed by atoms with Crippen LogP contribution in [0.1, 0.15) is 12.5 Å². The first-order valence-electron chi connectivity index (χ1n) is 10.8. The van der Waals surface area contributed by atoms with Gasteiger partial charge in [0.2, 0.25) is 0 Å². The fraction of sp³-hybridized carbons (Fsp3) is 0.115. The number of fused-ring (bicyclic) bond motifs is 1. The Labute approximate surface area is 206 Å². The number of hydrogen-bond donors (Lipinski definition) is 2. The Morgan fingerprint density at radius 1 is 0.912 bits per heavy atom. The molecule has 5 rings (SSSR count). The monoisotopic (exact) mass is 489 g/mol. The lowest BCUT2D eigenvalue weighted by Crippen LogP contribution is -2.19. The molecular weight excluding hydrogens is 469 g/mol. The summed E-state index contributed by atoms with van der Waals surface area (Å²) in [6.07, 6.45) is 2.29. The quantitative estimate of drug-likeness (QED) is 0.283. The zero-order chi connectivity index (χ0) is 23.7. The summed E-state index contributed by atoms with van der Waals surface area (Å²) in [5, 5.41) is 19.1. The van der Waals surface area contributed by atoms with Crippen LogP contribution in [-0.4, -0.2) is 30.9 Å². The lowest BCUT2D eigenvalue weighted by molar-refractivity contribution is 0.475. The van der Waals surface area contributed by atoms with Gasteiger partial charge in [-0.2, -0.15) is 5.10 Å². The van der Waals surface area contributed by atoms with Crippen molar-refractivity contribution in [3.05, 3.63) is 94.7 Å². The van der Waals surface area contributed by atoms with Crippen LogP contribution >= 0.6 is 23.2 Å². The minimum atomic E-state index is 0.0621. The molecule has 0 saturated heterocycles. The van der Waals surface area contributed by atoms with Crippen molar-refractivity contribution in [2.24, 2.45) is 0 Å². The molecule has 5 aromatic rings. The fourth-order valence-electron chi connectivity index (χ4n) is 3.94. The van der Waals surface area contributed by atoms with Crippen LogP contribution in [0.4, 0.5) is 5.82 Å². The smallest absolute Gasteiger partial charge is 0.158 e. The Morgan fingerprint density at radius 2 is 1.65 bits per heavy atom. The van der Waals surface area contributed by atoms with Crippen molar-refractivity contribution in [1.82, 2.24) is 19.7 Å². The molecule has 0 aliphatic carbocycles. The second-order valence-corrected chi connectivity index (χ2v) is 8.90. The summed E-state index contributed by atoms with van der Waals surface area (Å²) in [6, 6.07) is 22.4. The number of hydrogen-bond acceptors (Lipinski definition) is 5. The molecule has 8 heteroatoms. The van der Waals surface area contributed by atoms with Gasteiger partial charge in [0.15, 0.2) is 11.3 Å². The van der Waals surface area contributed by atoms with E-state index in [1.165, 1.54) is 6.33 Å². The van der Waals surface area contributed by atoms with Crippen molar-refractivity contribution in [2.75, 3.05) is 5.32 Å². The number of phenols is 1. The number of aromatic hydroxyl groups is 1. The van der Waals surface area contributed by atoms with Gasteiger partial charge in [0.1, 0.15) is 23.3 Å². The zero-order valence-electron chi connectivity index (χ0n) is 18.3. The molecule has 6 nitrogen and oxygen atoms in total. The highest BCUT2D eigenvalue weighted by molar-refractivity contribution is 6.32. The second-order valence-electron chi connectivity index (χ2n) is 8.05. The van der Waals surface area contributed by atoms with E-state index in [4.69, 9.17) is 28.3 Å². The number of benzene rings is 3. The minimum Gasteiger partial charge on any atom is -0.508 e. The van der Waals surface area contributed by atoms with Crippen molar-refractivity contribution in [1.29, 1.82) is 0 Å². The highest BCUT2D eigenvalue weighted by Crippen LogP contribution is 2.34. The van der Waals surface area contributed by atoms with E-state index in [0.717, 1.165) is 28.9 Å². The molecule has 0 aliphatic rings. The van der Waals surface area contributed by atoms with Crippen molar-refractivity contribution in [3.63, 3.8) is 0 Å². The average Bonchev–Trinajstić information content (AvgIpc) is 3.22. The lowest BCUT2D eigenvalue weighted by atomic mass is 10.1. The van der Waals surface area contributed by atoms with Crippen molar-refractivity contribution < 1.29 is 5.11 Å². The van der Waals surface area contributed by atoms with Crippen LogP contribution in [0, 0.1) is 0 Å². The summed E-state index contributed by atoms with van der Waals surface area (Å²) in [4.78, 5) is 9.07. The van der Waals surface area contributed by atoms with E-state index in [0.29, 0.717) is 26.9 Å². The van der Waals surface area contributed by atoms with Crippen molar-refractivity contribution in [3.8, 4) is 22.7 Å². The van der Waals surface area contributed by atoms with Gasteiger partial charge in [-0.15, -0.1) is 0 Å². The number of para-hydroxylation sites is 1. The molecule has 2 N–H and O–H groups in total. The molecule has 3 aromatic carbocycles. The van der Waals surface area contributed by atoms with Gasteiger partial charge in [0.25, 0.3) is 0 Å². The van der Waals surface area contributed by atoms with E-state index in [2.05, 4.69) is 22.2 Å². The predicted octanol–water partition coefficient (Wildman–Crippen LogP) is 6.54. The molecule has 34 heavy (non-hydrogen) atoms. The van der Waals surface area contributed by atoms with Gasteiger partial charge >= 0.3 is 0 Å². The van der Waals surface area contributed by atoms with Gasteiger partial charge in [-0.3, -0.25) is 0 Å². The molecule has 1 unspecified atom stereocenters. The van der Waals surface area contributed by atoms with Crippen LogP contribution in [0.3, 0.4) is 0 Å². The summed E-state index contributed by atoms with van der Waals surface area (Å²) in [5.41, 5.74) is 4.91. The maximum absolute atomic E-state index is 9.54. The Balaban J connectivity index is 1.60. The molecule has 0 saturated carbocycles. The van der Waals surface area contributed by atoms with Gasteiger partial charge in [-0.05, 0) is 55.3 Å². The Morgan fingerprint density at radius 3 is 2.38 bits per heavy atom. The number of nitrogens with one attached hydrogen (secondary N) is 1. The first kappa shape index (κ1) is 22.2. The maximum Gasteiger partial charge on any atom is 0.158 e. The summed E-state index contributed by atoms with van der Waals surface area (Å²) in [6.45, 7) is 2.08. The summed E-state index contributed by atoms with van der Waals surface area (Å²) in [7, 11) is 0. The molecule has 0 radical (unpaired) electrons. The molecule has 1 atom stereocenters. The fourth-order valence-corrected chi connectivity index (χ4v) is 4.28. The summed E-state index contributed by atoms with van der Waals surface area (Å²) < 4.78 is 1.81. The number of nitrogens with zero attached hydrogens (tertiary/aromatic N) is 4. The molecule has 170 valence electrons. The van der Waals surface area contributed by atoms with E-state index < -0.39 is 0 Å². The van der Waals surface area contributed by atoms with Gasteiger partial charge in [-0.25, -0.2) is 14.6 Å². The van der Waals surface area contributed by atoms with Gasteiger partial charge in [0.05, 0.1) is 10.7 Å². The van der Waals surface area contributed by atoms with Gasteiger partial charge in [-0.1, -0.05) is 59.6 Å². The third-order valence-corrected chi connectivity index (χ3v) is 6.09. The predicted molar refractivity (Wildman–Crippen MR) is 137 cm³/mol. The molecule has 2 heterocycles. The number of halogens is 2. The summed E-state index contributed by atoms with van der Waals surface area (Å²) >= 11 is 12.7. The normalized spacial score (nSPS) is 12.1. The highest BCUT2D eigenvalue weighted by Gasteiger charge is 2.21. The Kier molecular flexibility index (Phi) is 6.09. The minimum absolute atomic E-state index is 0.0621. The van der Waals surface area contributed by atoms with Gasteiger partial charge < -0.3 is 10.4 Å². The molecule has 0 amide bonds. The molecule has 2 aromatic heterocycles. The lowest BCUT2D eigenvalue weighted by Gasteiger charge is -2.14. The molecule has 0 spiro atoms. The number of aromatic nitrogens is 4. The number of phenolic OH excluding ortho intramolecular Hbond substituents is 1. The van der Waals surface area contributed by atoms with E-state index in [1.807, 2.05) is 60.7 Å². The van der Waals surface area contributed by atoms with Crippen LogP contribution in [0.5, 0.6) is 5.75 Å². The number of anilines is 1. The highest BCUT2D eigenvalue weighted by atomic mass is 35.5. The van der Waals surface area contributed by atoms with E-state index in [-0.39, 0.29) is 11.8 Å². The largest absolute Gasteiger partial charge is 0.508 e. The molecular formula is C26H21Cl2N5O. The third kappa shape index (κ3) is 4.42. The van der Waals surface area contributed by atoms with Crippen LogP contribution in [0.2, 0.25) is 10.0 Å². The molecule has 0 fully saturated rings. The van der Waals surface area contributed by atoms with Crippen LogP contribution in [0.25, 0.3) is 28.0 Å². The van der Waals surface area contributed by atoms with E-state index >= 15 is 0 Å². The standard InChI is InChI=1S/C26H21Cl2N5O/c1-16(14-17-6-12-20(34)13-7-17)31-26-24-23(29-15-30-26)25(18-8-10-19(27)11-9-18)33(32-24)22-5-3-2-4-21(22)28/h2-13,15-16,34H,14H2,1H3,(H,29,30,31). The van der Waals surface area contributed by atoms with Crippen LogP contribution in [0.15, 0.2) is 79.1 Å². The first-order chi connectivity index (χ1) is 16.5. The van der Waals surface area contributed by atoms with Crippen LogP contribution in [-0.2, 0) is 6.42 Å². The third-order valence-electron chi connectivity index (χ3n) is 5.52. The van der Waals surface area contributed by atoms with E-state index in [1.54, 1.807) is 16.8 Å². The SMILES string of the molecule is CC(Cc1ccc(O)cc1)Nc1ncnc2c(-c3ccc(Cl)cc3)n(-c3ccccc3Cl)nc12. The Bertz CT molecular complexity index is 1450.